The monoisotopic (exact) mass is 609 g/mol. The normalized spacial score (nSPS) is 13.1. The third-order valence-electron chi connectivity index (χ3n) is 5.17. The molecule has 244 valence electrons. The van der Waals surface area contributed by atoms with Crippen LogP contribution in [0.1, 0.15) is 6.42 Å². The van der Waals surface area contributed by atoms with Crippen molar-refractivity contribution >= 4 is 17.8 Å². The fraction of sp³-hybridized carbons (Fsp3) is 0.815. The molecule has 0 saturated carbocycles. The highest BCUT2D eigenvalue weighted by Gasteiger charge is 2.22. The fourth-order valence-corrected chi connectivity index (χ4v) is 3.05. The molecule has 0 spiro atoms. The Bertz CT molecular complexity index is 690. The quantitative estimate of drug-likeness (QED) is 0.0751. The van der Waals surface area contributed by atoms with E-state index in [9.17, 15) is 14.4 Å². The average molecular weight is 610 g/mol. The van der Waals surface area contributed by atoms with Gasteiger partial charge in [-0.3, -0.25) is 19.3 Å². The predicted molar refractivity (Wildman–Crippen MR) is 146 cm³/mol. The second kappa shape index (κ2) is 29.0. The highest BCUT2D eigenvalue weighted by atomic mass is 16.6. The molecular weight excluding hydrogens is 562 g/mol. The Balaban J connectivity index is 1.63. The number of ether oxygens (including phenoxy) is 10. The van der Waals surface area contributed by atoms with E-state index in [-0.39, 0.29) is 38.0 Å². The fourth-order valence-electron chi connectivity index (χ4n) is 3.05. The molecule has 15 heteroatoms. The average Bonchev–Trinajstić information content (AvgIpc) is 3.29. The van der Waals surface area contributed by atoms with Gasteiger partial charge in [0, 0.05) is 12.2 Å². The Kier molecular flexibility index (Phi) is 26.3. The number of hydrogen-bond acceptors (Lipinski definition) is 13. The summed E-state index contributed by atoms with van der Waals surface area (Å²) in [4.78, 5) is 34.2. The van der Waals surface area contributed by atoms with Crippen molar-refractivity contribution in [3.63, 3.8) is 0 Å². The van der Waals surface area contributed by atoms with Crippen molar-refractivity contribution in [2.24, 2.45) is 0 Å². The number of carbonyl (C=O) groups is 3. The topological polar surface area (TPSA) is 167 Å². The maximum atomic E-state index is 11.4. The predicted octanol–water partition coefficient (Wildman–Crippen LogP) is -0.448. The summed E-state index contributed by atoms with van der Waals surface area (Å²) in [7, 11) is 0. The Morgan fingerprint density at radius 2 is 0.690 bits per heavy atom. The summed E-state index contributed by atoms with van der Waals surface area (Å²) in [6.07, 6.45) is 2.49. The molecule has 2 amide bonds. The molecule has 0 bridgehead atoms. The summed E-state index contributed by atoms with van der Waals surface area (Å²) < 4.78 is 53.7. The summed E-state index contributed by atoms with van der Waals surface area (Å²) in [6, 6.07) is 0. The molecule has 1 aliphatic rings. The number of rotatable bonds is 33. The van der Waals surface area contributed by atoms with Gasteiger partial charge in [0.05, 0.1) is 145 Å². The van der Waals surface area contributed by atoms with E-state index < -0.39 is 5.97 Å². The third kappa shape index (κ3) is 24.5. The zero-order valence-electron chi connectivity index (χ0n) is 24.4. The molecule has 1 aliphatic heterocycles. The summed E-state index contributed by atoms with van der Waals surface area (Å²) in [5, 5.41) is 8.47. The van der Waals surface area contributed by atoms with Gasteiger partial charge >= 0.3 is 5.97 Å². The van der Waals surface area contributed by atoms with E-state index in [0.29, 0.717) is 119 Å². The van der Waals surface area contributed by atoms with E-state index >= 15 is 0 Å². The van der Waals surface area contributed by atoms with Crippen molar-refractivity contribution in [1.29, 1.82) is 0 Å². The van der Waals surface area contributed by atoms with Gasteiger partial charge in [0.2, 0.25) is 0 Å². The Labute approximate surface area is 247 Å². The first kappa shape index (κ1) is 38.0. The molecule has 1 N–H and O–H groups in total. The number of nitrogens with zero attached hydrogens (tertiary/aromatic N) is 1. The molecule has 0 radical (unpaired) electrons. The summed E-state index contributed by atoms with van der Waals surface area (Å²) >= 11 is 0. The molecule has 0 saturated heterocycles. The molecule has 42 heavy (non-hydrogen) atoms. The summed E-state index contributed by atoms with van der Waals surface area (Å²) in [6.45, 7) is 8.68. The van der Waals surface area contributed by atoms with Gasteiger partial charge in [0.15, 0.2) is 0 Å². The lowest BCUT2D eigenvalue weighted by molar-refractivity contribution is -0.139. The van der Waals surface area contributed by atoms with Gasteiger partial charge in [0.1, 0.15) is 0 Å². The first-order valence-corrected chi connectivity index (χ1v) is 14.1. The third-order valence-corrected chi connectivity index (χ3v) is 5.17. The van der Waals surface area contributed by atoms with Crippen molar-refractivity contribution < 1.29 is 66.9 Å². The van der Waals surface area contributed by atoms with Crippen LogP contribution in [0.2, 0.25) is 0 Å². The van der Waals surface area contributed by atoms with E-state index in [1.54, 1.807) is 0 Å². The number of imide groups is 1. The minimum Gasteiger partial charge on any atom is -0.481 e. The van der Waals surface area contributed by atoms with Crippen molar-refractivity contribution in [2.45, 2.75) is 6.42 Å². The van der Waals surface area contributed by atoms with Crippen LogP contribution in [0.15, 0.2) is 12.2 Å². The zero-order valence-corrected chi connectivity index (χ0v) is 24.4. The van der Waals surface area contributed by atoms with Crippen LogP contribution in [-0.2, 0) is 61.8 Å². The van der Waals surface area contributed by atoms with E-state index in [1.165, 1.54) is 12.2 Å². The van der Waals surface area contributed by atoms with Crippen LogP contribution >= 0.6 is 0 Å². The second-order valence-electron chi connectivity index (χ2n) is 8.43. The first-order chi connectivity index (χ1) is 20.6. The van der Waals surface area contributed by atoms with Gasteiger partial charge in [-0.1, -0.05) is 0 Å². The number of carbonyl (C=O) groups excluding carboxylic acids is 2. The highest BCUT2D eigenvalue weighted by Crippen LogP contribution is 2.02. The highest BCUT2D eigenvalue weighted by molar-refractivity contribution is 6.12. The summed E-state index contributed by atoms with van der Waals surface area (Å²) in [5.74, 6) is -1.50. The van der Waals surface area contributed by atoms with Gasteiger partial charge in [-0.25, -0.2) is 0 Å². The van der Waals surface area contributed by atoms with Crippen LogP contribution in [-0.4, -0.2) is 166 Å². The minimum atomic E-state index is -0.879. The Morgan fingerprint density at radius 1 is 0.452 bits per heavy atom. The molecule has 0 aromatic carbocycles. The lowest BCUT2D eigenvalue weighted by Gasteiger charge is -2.13. The number of carboxylic acids is 1. The maximum Gasteiger partial charge on any atom is 0.305 e. The van der Waals surface area contributed by atoms with Crippen LogP contribution in [0, 0.1) is 0 Å². The van der Waals surface area contributed by atoms with Crippen molar-refractivity contribution in [3.8, 4) is 0 Å². The molecule has 1 heterocycles. The van der Waals surface area contributed by atoms with Gasteiger partial charge in [0.25, 0.3) is 11.8 Å². The molecule has 0 aromatic rings. The molecular formula is C27H47NO14. The van der Waals surface area contributed by atoms with Crippen molar-refractivity contribution in [3.05, 3.63) is 12.2 Å². The molecule has 15 nitrogen and oxygen atoms in total. The van der Waals surface area contributed by atoms with Gasteiger partial charge < -0.3 is 52.5 Å². The maximum absolute atomic E-state index is 11.4. The largest absolute Gasteiger partial charge is 0.481 e. The minimum absolute atomic E-state index is 0.00771. The van der Waals surface area contributed by atoms with Crippen molar-refractivity contribution in [2.75, 3.05) is 139 Å². The Hall–Kier alpha value is -2.05. The standard InChI is InChI=1S/C27H47NO14/c29-25-1-2-26(30)28(25)4-6-34-8-10-36-12-14-38-16-18-40-20-22-42-24-23-41-21-19-39-17-15-37-13-11-35-9-7-33-5-3-27(31)32/h1-2H,3-24H2,(H,31,32). The van der Waals surface area contributed by atoms with Crippen LogP contribution < -0.4 is 0 Å². The van der Waals surface area contributed by atoms with Gasteiger partial charge in [-0.05, 0) is 0 Å². The lowest BCUT2D eigenvalue weighted by Crippen LogP contribution is -2.33. The van der Waals surface area contributed by atoms with E-state index in [1.807, 2.05) is 0 Å². The molecule has 0 aliphatic carbocycles. The van der Waals surface area contributed by atoms with Gasteiger partial charge in [-0.15, -0.1) is 0 Å². The smallest absolute Gasteiger partial charge is 0.305 e. The zero-order chi connectivity index (χ0) is 30.4. The van der Waals surface area contributed by atoms with Crippen LogP contribution in [0.5, 0.6) is 0 Å². The lowest BCUT2D eigenvalue weighted by atomic mass is 10.5. The molecule has 0 unspecified atom stereocenters. The molecule has 0 atom stereocenters. The Morgan fingerprint density at radius 3 is 0.952 bits per heavy atom. The number of aliphatic carboxylic acids is 1. The summed E-state index contributed by atoms with van der Waals surface area (Å²) in [5.41, 5.74) is 0. The molecule has 1 rings (SSSR count). The number of amides is 2. The van der Waals surface area contributed by atoms with Crippen LogP contribution in [0.25, 0.3) is 0 Å². The van der Waals surface area contributed by atoms with Crippen molar-refractivity contribution in [1.82, 2.24) is 4.90 Å². The number of hydrogen-bond donors (Lipinski definition) is 1. The van der Waals surface area contributed by atoms with E-state index in [4.69, 9.17) is 52.5 Å². The molecule has 0 fully saturated rings. The number of carboxylic acid groups (broad SMARTS) is 1. The van der Waals surface area contributed by atoms with Crippen LogP contribution in [0.4, 0.5) is 0 Å². The molecule has 0 aromatic heterocycles. The second-order valence-corrected chi connectivity index (χ2v) is 8.43. The van der Waals surface area contributed by atoms with E-state index in [2.05, 4.69) is 0 Å². The van der Waals surface area contributed by atoms with Gasteiger partial charge in [-0.2, -0.15) is 0 Å². The SMILES string of the molecule is O=C(O)CCOCCOCCOCCOCCOCCOCCOCCOCCOCCOCCN1C(=O)C=CC1=O. The first-order valence-electron chi connectivity index (χ1n) is 14.1. The van der Waals surface area contributed by atoms with Crippen LogP contribution in [0.3, 0.4) is 0 Å². The van der Waals surface area contributed by atoms with E-state index in [0.717, 1.165) is 4.90 Å².